The number of ketones is 1. The Morgan fingerprint density at radius 3 is 2.72 bits per heavy atom. The van der Waals surface area contributed by atoms with Gasteiger partial charge in [-0.05, 0) is 30.2 Å². The summed E-state index contributed by atoms with van der Waals surface area (Å²) in [4.78, 5) is 22.1. The number of nitrogens with two attached hydrogens (primary N) is 1. The lowest BCUT2D eigenvalue weighted by Gasteiger charge is -2.19. The van der Waals surface area contributed by atoms with Crippen molar-refractivity contribution < 1.29 is 27.6 Å². The molecule has 13 heteroatoms. The quantitative estimate of drug-likeness (QED) is 0.220. The van der Waals surface area contributed by atoms with Gasteiger partial charge in [-0.15, -0.1) is 0 Å². The van der Waals surface area contributed by atoms with Crippen molar-refractivity contribution in [3.8, 4) is 0 Å². The number of aromatic nitrogens is 3. The predicted octanol–water partition coefficient (Wildman–Crippen LogP) is 2.11. The Hall–Kier alpha value is -3.39. The largest absolute Gasteiger partial charge is 0.390 e. The van der Waals surface area contributed by atoms with Crippen LogP contribution in [0.25, 0.3) is 10.9 Å². The van der Waals surface area contributed by atoms with E-state index in [0.717, 1.165) is 16.5 Å². The van der Waals surface area contributed by atoms with Crippen molar-refractivity contribution >= 4 is 44.4 Å². The molecule has 11 nitrogen and oxygen atoms in total. The van der Waals surface area contributed by atoms with Crippen LogP contribution in [-0.2, 0) is 21.0 Å². The topological polar surface area (TPSA) is 170 Å². The molecule has 0 saturated heterocycles. The fourth-order valence-corrected chi connectivity index (χ4v) is 5.51. The zero-order valence-corrected chi connectivity index (χ0v) is 22.1. The summed E-state index contributed by atoms with van der Waals surface area (Å²) in [7, 11) is -4.20. The van der Waals surface area contributed by atoms with Gasteiger partial charge in [-0.3, -0.25) is 8.98 Å². The van der Waals surface area contributed by atoms with Crippen LogP contribution in [0.3, 0.4) is 0 Å². The average molecular weight is 572 g/mol. The van der Waals surface area contributed by atoms with Crippen LogP contribution < -0.4 is 10.5 Å². The number of rotatable bonds is 9. The standard InChI is InChI=1S/C26H26ClN5O6S/c27-17-5-3-4-15(8-17)11-32-12-20(18-6-1-2-7-22(18)32)24(34)19-10-29-14-30-26(19)31-21-9-16(23(33)25(21)35)13-38-39(28,36)37/h1-8,10,12,14,16,21,23,25,33,35H,9,11,13H2,(H2,28,36,37)(H,29,30,31)/t16-,21-,23-,25+/m1/s1. The van der Waals surface area contributed by atoms with E-state index in [0.29, 0.717) is 17.1 Å². The number of para-hydroxylation sites is 1. The summed E-state index contributed by atoms with van der Waals surface area (Å²) in [5.41, 5.74) is 2.45. The molecule has 0 bridgehead atoms. The lowest BCUT2D eigenvalue weighted by Crippen LogP contribution is -2.36. The van der Waals surface area contributed by atoms with Crippen molar-refractivity contribution in [1.29, 1.82) is 0 Å². The van der Waals surface area contributed by atoms with Gasteiger partial charge in [-0.2, -0.15) is 8.42 Å². The zero-order valence-electron chi connectivity index (χ0n) is 20.5. The molecule has 5 N–H and O–H groups in total. The van der Waals surface area contributed by atoms with Gasteiger partial charge in [-0.25, -0.2) is 15.1 Å². The Kier molecular flexibility index (Phi) is 7.67. The molecule has 1 aliphatic rings. The molecular weight excluding hydrogens is 546 g/mol. The second-order valence-corrected chi connectivity index (χ2v) is 11.1. The van der Waals surface area contributed by atoms with Gasteiger partial charge >= 0.3 is 10.3 Å². The predicted molar refractivity (Wildman–Crippen MR) is 145 cm³/mol. The van der Waals surface area contributed by atoms with Gasteiger partial charge in [-0.1, -0.05) is 41.9 Å². The van der Waals surface area contributed by atoms with Crippen LogP contribution in [0.2, 0.25) is 5.02 Å². The van der Waals surface area contributed by atoms with E-state index in [-0.39, 0.29) is 23.6 Å². The first-order chi connectivity index (χ1) is 18.6. The second kappa shape index (κ2) is 11.0. The molecule has 204 valence electrons. The van der Waals surface area contributed by atoms with Gasteiger partial charge < -0.3 is 20.1 Å². The number of nitrogens with one attached hydrogen (secondary N) is 1. The van der Waals surface area contributed by atoms with Crippen LogP contribution in [0, 0.1) is 5.92 Å². The highest BCUT2D eigenvalue weighted by Crippen LogP contribution is 2.31. The highest BCUT2D eigenvalue weighted by molar-refractivity contribution is 7.84. The monoisotopic (exact) mass is 571 g/mol. The molecule has 1 fully saturated rings. The maximum Gasteiger partial charge on any atom is 0.333 e. The molecule has 1 aliphatic carbocycles. The molecule has 4 aromatic rings. The first-order valence-electron chi connectivity index (χ1n) is 12.1. The molecule has 2 heterocycles. The number of carbonyl (C=O) groups excluding carboxylic acids is 1. The first kappa shape index (κ1) is 27.2. The normalized spacial score (nSPS) is 21.3. The molecule has 5 rings (SSSR count). The summed E-state index contributed by atoms with van der Waals surface area (Å²) < 4.78 is 28.9. The number of halogens is 1. The van der Waals surface area contributed by atoms with Crippen LogP contribution in [0.1, 0.15) is 27.9 Å². The van der Waals surface area contributed by atoms with Gasteiger partial charge in [0.2, 0.25) is 0 Å². The Labute approximate surface area is 229 Å². The van der Waals surface area contributed by atoms with E-state index in [1.165, 1.54) is 12.5 Å². The average Bonchev–Trinajstić information content (AvgIpc) is 3.39. The number of benzene rings is 2. The third-order valence-electron chi connectivity index (χ3n) is 6.80. The fraction of sp³-hybridized carbons (Fsp3) is 0.269. The minimum atomic E-state index is -4.20. The van der Waals surface area contributed by atoms with Gasteiger partial charge in [0.1, 0.15) is 18.2 Å². The highest BCUT2D eigenvalue weighted by Gasteiger charge is 2.42. The van der Waals surface area contributed by atoms with E-state index in [2.05, 4.69) is 19.5 Å². The summed E-state index contributed by atoms with van der Waals surface area (Å²) in [5, 5.41) is 30.3. The van der Waals surface area contributed by atoms with Crippen LogP contribution in [0.15, 0.2) is 67.3 Å². The Morgan fingerprint density at radius 1 is 1.15 bits per heavy atom. The number of hydrogen-bond donors (Lipinski definition) is 4. The van der Waals surface area contributed by atoms with Crippen molar-refractivity contribution in [2.45, 2.75) is 31.2 Å². The number of hydrogen-bond acceptors (Lipinski definition) is 9. The number of nitrogens with zero attached hydrogens (tertiary/aromatic N) is 3. The van der Waals surface area contributed by atoms with Crippen LogP contribution in [0.5, 0.6) is 0 Å². The minimum absolute atomic E-state index is 0.147. The van der Waals surface area contributed by atoms with E-state index in [1.807, 2.05) is 47.0 Å². The molecule has 2 aromatic carbocycles. The zero-order chi connectivity index (χ0) is 27.7. The summed E-state index contributed by atoms with van der Waals surface area (Å²) >= 11 is 6.16. The molecule has 2 aromatic heterocycles. The molecule has 0 radical (unpaired) electrons. The van der Waals surface area contributed by atoms with E-state index < -0.39 is 41.1 Å². The number of aliphatic hydroxyl groups is 2. The van der Waals surface area contributed by atoms with Crippen molar-refractivity contribution in [3.63, 3.8) is 0 Å². The third-order valence-corrected chi connectivity index (χ3v) is 7.50. The Morgan fingerprint density at radius 2 is 1.95 bits per heavy atom. The van der Waals surface area contributed by atoms with Crippen LogP contribution in [0.4, 0.5) is 5.82 Å². The Balaban J connectivity index is 1.42. The lowest BCUT2D eigenvalue weighted by molar-refractivity contribution is 0.00778. The summed E-state index contributed by atoms with van der Waals surface area (Å²) in [5.74, 6) is -0.867. The summed E-state index contributed by atoms with van der Waals surface area (Å²) in [6.45, 7) is 0.107. The van der Waals surface area contributed by atoms with Crippen molar-refractivity contribution in [2.75, 3.05) is 11.9 Å². The number of anilines is 1. The van der Waals surface area contributed by atoms with Crippen molar-refractivity contribution in [3.05, 3.63) is 89.0 Å². The highest BCUT2D eigenvalue weighted by atomic mass is 35.5. The van der Waals surface area contributed by atoms with Crippen LogP contribution >= 0.6 is 11.6 Å². The molecule has 0 amide bonds. The number of carbonyl (C=O) groups is 1. The van der Waals surface area contributed by atoms with Gasteiger partial charge in [0.15, 0.2) is 5.78 Å². The van der Waals surface area contributed by atoms with Gasteiger partial charge in [0.05, 0.1) is 24.3 Å². The lowest BCUT2D eigenvalue weighted by atomic mass is 10.0. The maximum absolute atomic E-state index is 13.8. The smallest absolute Gasteiger partial charge is 0.333 e. The maximum atomic E-state index is 13.8. The second-order valence-electron chi connectivity index (χ2n) is 9.44. The fourth-order valence-electron chi connectivity index (χ4n) is 4.94. The van der Waals surface area contributed by atoms with E-state index in [9.17, 15) is 23.4 Å². The molecule has 4 atom stereocenters. The van der Waals surface area contributed by atoms with Crippen LogP contribution in [-0.4, -0.2) is 63.8 Å². The molecule has 1 saturated carbocycles. The number of fused-ring (bicyclic) bond motifs is 1. The Bertz CT molecular complexity index is 1630. The minimum Gasteiger partial charge on any atom is -0.390 e. The van der Waals surface area contributed by atoms with E-state index in [1.54, 1.807) is 12.3 Å². The van der Waals surface area contributed by atoms with Gasteiger partial charge in [0.25, 0.3) is 0 Å². The SMILES string of the molecule is NS(=O)(=O)OC[C@H]1C[C@@H](Nc2ncncc2C(=O)c2cn(Cc3cccc(Cl)c3)c3ccccc23)[C@H](O)[C@@H]1O. The number of aliphatic hydroxyl groups excluding tert-OH is 2. The van der Waals surface area contributed by atoms with E-state index in [4.69, 9.17) is 16.7 Å². The molecular formula is C26H26ClN5O6S. The molecule has 0 aliphatic heterocycles. The molecule has 0 spiro atoms. The van der Waals surface area contributed by atoms with E-state index >= 15 is 0 Å². The van der Waals surface area contributed by atoms with Crippen molar-refractivity contribution in [2.24, 2.45) is 11.1 Å². The molecule has 39 heavy (non-hydrogen) atoms. The molecule has 0 unspecified atom stereocenters. The van der Waals surface area contributed by atoms with Crippen molar-refractivity contribution in [1.82, 2.24) is 14.5 Å². The van der Waals surface area contributed by atoms with Gasteiger partial charge in [0, 0.05) is 46.3 Å². The summed E-state index contributed by atoms with van der Waals surface area (Å²) in [6, 6.07) is 14.3. The summed E-state index contributed by atoms with van der Waals surface area (Å²) in [6.07, 6.45) is 2.04. The third kappa shape index (κ3) is 5.96. The first-order valence-corrected chi connectivity index (χ1v) is 13.9.